The summed E-state index contributed by atoms with van der Waals surface area (Å²) >= 11 is 13.2. The number of pyridine rings is 1. The third kappa shape index (κ3) is 8.95. The van der Waals surface area contributed by atoms with Crippen molar-refractivity contribution in [3.8, 4) is 17.4 Å². The number of nitrogens with one attached hydrogen (secondary N) is 1. The third-order valence-corrected chi connectivity index (χ3v) is 5.96. The minimum atomic E-state index is -0.466. The fraction of sp³-hybridized carbons (Fsp3) is 0.0769. The first kappa shape index (κ1) is 29.9. The molecule has 0 bridgehead atoms. The van der Waals surface area contributed by atoms with Crippen molar-refractivity contribution < 1.29 is 70.1 Å². The minimum absolute atomic E-state index is 0. The van der Waals surface area contributed by atoms with Crippen LogP contribution in [0.3, 0.4) is 0 Å². The second-order valence-electron chi connectivity index (χ2n) is 7.54. The molecule has 1 N–H and O–H groups in total. The van der Waals surface area contributed by atoms with Gasteiger partial charge in [0.1, 0.15) is 22.9 Å². The van der Waals surface area contributed by atoms with E-state index in [4.69, 9.17) is 32.8 Å². The number of halogens is 3. The maximum Gasteiger partial charge on any atom is 1.00 e. The standard InChI is InChI=1S/C26H19Cl2FN3O3S.K/c1-16(17-8-10-23(11-9-17)36-32-35-22-7-2-4-18(27)12-22)31-25(33)24-13-19(28)15-30-26(24)34-21-6-3-5-20(29)14-21;/h2-16H,1H3,(H,31,33);/q-1;+1. The molecule has 1 amide bonds. The van der Waals surface area contributed by atoms with E-state index in [9.17, 15) is 9.18 Å². The summed E-state index contributed by atoms with van der Waals surface area (Å²) in [5.74, 6) is -0.134. The van der Waals surface area contributed by atoms with Gasteiger partial charge in [-0.3, -0.25) is 4.79 Å². The van der Waals surface area contributed by atoms with Gasteiger partial charge in [-0.25, -0.2) is 21.3 Å². The quantitative estimate of drug-likeness (QED) is 0.167. The number of nitrogens with zero attached hydrogens (tertiary/aromatic N) is 2. The second kappa shape index (κ2) is 14.5. The number of hydrogen-bond donors (Lipinski definition) is 1. The van der Waals surface area contributed by atoms with Crippen molar-refractivity contribution in [3.05, 3.63) is 117 Å². The molecule has 4 rings (SSSR count). The van der Waals surface area contributed by atoms with Crippen LogP contribution in [-0.2, 0) is 0 Å². The Hall–Kier alpha value is -1.66. The van der Waals surface area contributed by atoms with Gasteiger partial charge in [-0.15, -0.1) is 0 Å². The first-order chi connectivity index (χ1) is 17.4. The van der Waals surface area contributed by atoms with E-state index in [-0.39, 0.29) is 79.6 Å². The molecule has 0 saturated heterocycles. The summed E-state index contributed by atoms with van der Waals surface area (Å²) in [5, 5.41) is 3.74. The van der Waals surface area contributed by atoms with E-state index >= 15 is 0 Å². The average Bonchev–Trinajstić information content (AvgIpc) is 2.85. The molecule has 1 atom stereocenters. The molecular weight excluding hydrogens is 563 g/mol. The molecule has 0 saturated carbocycles. The SMILES string of the molecule is CC(NC(=O)c1cc(Cl)cnc1Oc1cccc(F)c1)c1ccc(S[N-]Oc2cccc(Cl)c2)cc1.[K+]. The number of amides is 1. The Labute approximate surface area is 270 Å². The van der Waals surface area contributed by atoms with E-state index in [1.165, 1.54) is 30.5 Å². The van der Waals surface area contributed by atoms with Crippen molar-refractivity contribution in [2.45, 2.75) is 17.9 Å². The molecule has 0 spiro atoms. The van der Waals surface area contributed by atoms with Gasteiger partial charge in [0.25, 0.3) is 5.91 Å². The first-order valence-electron chi connectivity index (χ1n) is 10.7. The van der Waals surface area contributed by atoms with Gasteiger partial charge in [0.05, 0.1) is 11.1 Å². The number of carbonyl (C=O) groups is 1. The van der Waals surface area contributed by atoms with E-state index in [1.807, 2.05) is 31.2 Å². The van der Waals surface area contributed by atoms with Gasteiger partial charge in [0.2, 0.25) is 5.88 Å². The van der Waals surface area contributed by atoms with E-state index < -0.39 is 11.7 Å². The van der Waals surface area contributed by atoms with E-state index in [2.05, 4.69) is 15.2 Å². The van der Waals surface area contributed by atoms with Crippen molar-refractivity contribution in [2.24, 2.45) is 0 Å². The molecule has 0 aliphatic carbocycles. The topological polar surface area (TPSA) is 74.5 Å². The molecule has 1 aromatic heterocycles. The van der Waals surface area contributed by atoms with Crippen LogP contribution in [0.1, 0.15) is 28.9 Å². The second-order valence-corrected chi connectivity index (χ2v) is 9.22. The van der Waals surface area contributed by atoms with Crippen molar-refractivity contribution >= 4 is 41.1 Å². The molecule has 184 valence electrons. The van der Waals surface area contributed by atoms with Gasteiger partial charge in [-0.05, 0) is 65.9 Å². The fourth-order valence-corrected chi connectivity index (χ4v) is 3.92. The average molecular weight is 583 g/mol. The van der Waals surface area contributed by atoms with Gasteiger partial charge >= 0.3 is 51.4 Å². The maximum atomic E-state index is 13.5. The van der Waals surface area contributed by atoms with Crippen LogP contribution in [0.2, 0.25) is 10.0 Å². The normalized spacial score (nSPS) is 11.2. The summed E-state index contributed by atoms with van der Waals surface area (Å²) in [6.45, 7) is 1.84. The van der Waals surface area contributed by atoms with Gasteiger partial charge in [-0.2, -0.15) is 0 Å². The van der Waals surface area contributed by atoms with Crippen LogP contribution in [0.5, 0.6) is 17.4 Å². The number of benzene rings is 3. The van der Waals surface area contributed by atoms with Crippen molar-refractivity contribution in [1.82, 2.24) is 10.3 Å². The molecule has 0 aliphatic rings. The van der Waals surface area contributed by atoms with Crippen LogP contribution in [0.15, 0.2) is 90.0 Å². The molecule has 1 unspecified atom stereocenters. The number of aromatic nitrogens is 1. The molecule has 11 heteroatoms. The number of hydrogen-bond acceptors (Lipinski definition) is 5. The van der Waals surface area contributed by atoms with Crippen molar-refractivity contribution in [2.75, 3.05) is 0 Å². The predicted molar refractivity (Wildman–Crippen MR) is 139 cm³/mol. The van der Waals surface area contributed by atoms with Gasteiger partial charge in [-0.1, -0.05) is 47.5 Å². The molecule has 0 aliphatic heterocycles. The third-order valence-electron chi connectivity index (χ3n) is 4.88. The summed E-state index contributed by atoms with van der Waals surface area (Å²) in [5.41, 5.74) is 0.994. The fourth-order valence-electron chi connectivity index (χ4n) is 3.12. The largest absolute Gasteiger partial charge is 1.00 e. The Bertz CT molecular complexity index is 1370. The van der Waals surface area contributed by atoms with Crippen LogP contribution in [0.25, 0.3) is 4.89 Å². The Morgan fingerprint density at radius 2 is 1.73 bits per heavy atom. The smallest absolute Gasteiger partial charge is 0.578 e. The minimum Gasteiger partial charge on any atom is -0.578 e. The molecule has 6 nitrogen and oxygen atoms in total. The van der Waals surface area contributed by atoms with E-state index in [1.54, 1.807) is 30.3 Å². The Morgan fingerprint density at radius 1 is 1.00 bits per heavy atom. The number of ether oxygens (including phenoxy) is 1. The summed E-state index contributed by atoms with van der Waals surface area (Å²) < 4.78 is 19.2. The molecule has 4 aromatic rings. The molecule has 1 heterocycles. The first-order valence-corrected chi connectivity index (χ1v) is 12.2. The molecular formula is C26H19Cl2FKN3O3S. The van der Waals surface area contributed by atoms with Gasteiger partial charge in [0.15, 0.2) is 0 Å². The molecule has 3 aromatic carbocycles. The summed E-state index contributed by atoms with van der Waals surface area (Å²) in [7, 11) is 0. The Balaban J connectivity index is 0.00000380. The van der Waals surface area contributed by atoms with Crippen LogP contribution < -0.4 is 66.3 Å². The zero-order valence-corrected chi connectivity index (χ0v) is 25.3. The van der Waals surface area contributed by atoms with Crippen molar-refractivity contribution in [3.63, 3.8) is 0 Å². The summed E-state index contributed by atoms with van der Waals surface area (Å²) in [6.07, 6.45) is 1.36. The number of carbonyl (C=O) groups excluding carboxylic acids is 1. The van der Waals surface area contributed by atoms with Crippen LogP contribution >= 0.6 is 35.1 Å². The molecule has 37 heavy (non-hydrogen) atoms. The monoisotopic (exact) mass is 581 g/mol. The predicted octanol–water partition coefficient (Wildman–Crippen LogP) is 5.19. The van der Waals surface area contributed by atoms with Crippen LogP contribution in [-0.4, -0.2) is 10.9 Å². The zero-order valence-electron chi connectivity index (χ0n) is 19.8. The van der Waals surface area contributed by atoms with E-state index in [0.29, 0.717) is 10.8 Å². The van der Waals surface area contributed by atoms with Gasteiger partial charge < -0.3 is 19.8 Å². The Kier molecular flexibility index (Phi) is 11.7. The van der Waals surface area contributed by atoms with Gasteiger partial charge in [0, 0.05) is 17.3 Å². The zero-order chi connectivity index (χ0) is 25.5. The molecule has 0 radical (unpaired) electrons. The van der Waals surface area contributed by atoms with Crippen LogP contribution in [0.4, 0.5) is 4.39 Å². The molecule has 0 fully saturated rings. The maximum absolute atomic E-state index is 13.5. The summed E-state index contributed by atoms with van der Waals surface area (Å²) in [4.78, 5) is 27.3. The van der Waals surface area contributed by atoms with Crippen LogP contribution in [0, 0.1) is 5.82 Å². The summed E-state index contributed by atoms with van der Waals surface area (Å²) in [6, 6.07) is 21.1. The van der Waals surface area contributed by atoms with Crippen molar-refractivity contribution in [1.29, 1.82) is 0 Å². The van der Waals surface area contributed by atoms with E-state index in [0.717, 1.165) is 22.4 Å². The number of rotatable bonds is 9. The Morgan fingerprint density at radius 3 is 2.46 bits per heavy atom.